The average Bonchev–Trinajstić information content (AvgIpc) is 3.22. The summed E-state index contributed by atoms with van der Waals surface area (Å²) in [5.41, 5.74) is 11.2. The topological polar surface area (TPSA) is 103 Å². The van der Waals surface area contributed by atoms with Gasteiger partial charge in [-0.1, -0.05) is 98.8 Å². The van der Waals surface area contributed by atoms with Gasteiger partial charge in [0.05, 0.1) is 49.2 Å². The maximum atomic E-state index is 9.75. The van der Waals surface area contributed by atoms with Gasteiger partial charge in [-0.3, -0.25) is 9.97 Å². The van der Waals surface area contributed by atoms with Crippen LogP contribution in [0.2, 0.25) is 0 Å². The van der Waals surface area contributed by atoms with Crippen LogP contribution in [0, 0.1) is 0 Å². The fourth-order valence-electron chi connectivity index (χ4n) is 7.32. The Balaban J connectivity index is 1.37. The Morgan fingerprint density at radius 2 is 0.661 bits per heavy atom. The van der Waals surface area contributed by atoms with E-state index >= 15 is 0 Å². The minimum absolute atomic E-state index is 0.129. The number of para-hydroxylation sites is 4. The Bertz CT molecular complexity index is 2010. The summed E-state index contributed by atoms with van der Waals surface area (Å²) in [6, 6.07) is 36.8. The Morgan fingerprint density at radius 1 is 0.393 bits per heavy atom. The number of rotatable bonds is 14. The highest BCUT2D eigenvalue weighted by atomic mass is 16.5. The van der Waals surface area contributed by atoms with Crippen molar-refractivity contribution in [2.45, 2.75) is 78.8 Å². The van der Waals surface area contributed by atoms with Gasteiger partial charge in [-0.2, -0.15) is 0 Å². The van der Waals surface area contributed by atoms with Crippen molar-refractivity contribution >= 4 is 0 Å². The van der Waals surface area contributed by atoms with Gasteiger partial charge in [-0.25, -0.2) is 0 Å². The third-order valence-electron chi connectivity index (χ3n) is 9.92. The molecule has 0 aliphatic heterocycles. The average molecular weight is 751 g/mol. The van der Waals surface area contributed by atoms with Gasteiger partial charge in [0, 0.05) is 25.7 Å². The lowest BCUT2D eigenvalue weighted by molar-refractivity contribution is 0.271. The van der Waals surface area contributed by atoms with Gasteiger partial charge in [0.25, 0.3) is 0 Å². The first kappa shape index (κ1) is 38.6. The summed E-state index contributed by atoms with van der Waals surface area (Å²) in [6.07, 6.45) is 4.12. The Hall–Kier alpha value is -5.70. The summed E-state index contributed by atoms with van der Waals surface area (Å²) < 4.78 is 26.7. The second-order valence-corrected chi connectivity index (χ2v) is 14.2. The minimum Gasteiger partial charge on any atom is -0.493 e. The molecule has 6 aromatic rings. The smallest absolute Gasteiger partial charge is 0.130 e. The van der Waals surface area contributed by atoms with Crippen molar-refractivity contribution in [3.8, 4) is 23.0 Å². The van der Waals surface area contributed by atoms with Crippen LogP contribution >= 0.6 is 0 Å². The first-order valence-electron chi connectivity index (χ1n) is 19.6. The first-order valence-corrected chi connectivity index (χ1v) is 19.6. The fraction of sp³-hybridized carbons (Fsp3) is 0.292. The normalized spacial score (nSPS) is 12.2. The van der Waals surface area contributed by atoms with E-state index in [9.17, 15) is 10.2 Å². The molecule has 0 spiro atoms. The molecule has 0 saturated carbocycles. The van der Waals surface area contributed by atoms with Gasteiger partial charge in [-0.15, -0.1) is 0 Å². The van der Waals surface area contributed by atoms with Gasteiger partial charge in [-0.05, 0) is 81.6 Å². The van der Waals surface area contributed by atoms with E-state index in [0.717, 1.165) is 91.7 Å². The third-order valence-corrected chi connectivity index (χ3v) is 9.92. The summed E-state index contributed by atoms with van der Waals surface area (Å²) >= 11 is 0. The molecule has 2 aromatic heterocycles. The van der Waals surface area contributed by atoms with Gasteiger partial charge in [0.2, 0.25) is 0 Å². The van der Waals surface area contributed by atoms with Crippen molar-refractivity contribution in [2.24, 2.45) is 0 Å². The van der Waals surface area contributed by atoms with Crippen LogP contribution < -0.4 is 18.9 Å². The van der Waals surface area contributed by atoms with Crippen LogP contribution in [0.3, 0.4) is 0 Å². The van der Waals surface area contributed by atoms with Crippen LogP contribution in [0.25, 0.3) is 0 Å². The standard InChI is InChI=1S/C48H50N2O6/c1-3-23-53-45-33-11-5-12-34(45)26-38-16-8-18-40(48(38)56-32-44-22-10-20-42(30-52)50-44)28-36-14-6-13-35(46(36)54-24-4-2)27-39-17-7-15-37(25-33)47(39)55-31-43-21-9-19-41(29-51)49-43/h5-22,51-52H,3-4,23-32H2,1-2H3. The molecular weight excluding hydrogens is 701 g/mol. The molecular formula is C48H50N2O6. The molecule has 2 heterocycles. The lowest BCUT2D eigenvalue weighted by Crippen LogP contribution is -2.10. The molecule has 7 rings (SSSR count). The fourth-order valence-corrected chi connectivity index (χ4v) is 7.32. The number of nitrogens with zero attached hydrogens (tertiary/aromatic N) is 2. The molecule has 1 aliphatic rings. The predicted octanol–water partition coefficient (Wildman–Crippen LogP) is 8.87. The lowest BCUT2D eigenvalue weighted by atomic mass is 9.91. The summed E-state index contributed by atoms with van der Waals surface area (Å²) in [4.78, 5) is 9.22. The highest BCUT2D eigenvalue weighted by molar-refractivity contribution is 5.56. The SMILES string of the molecule is CCCOc1c2cccc1Cc1cccc(c1OCc1cccc(CO)n1)Cc1cccc(c1OCCC)Cc1cccc(c1OCc1cccc(CO)n1)C2. The molecule has 8 bridgehead atoms. The van der Waals surface area contributed by atoms with E-state index in [2.05, 4.69) is 96.6 Å². The zero-order valence-electron chi connectivity index (χ0n) is 32.3. The largest absolute Gasteiger partial charge is 0.493 e. The quantitative estimate of drug-likeness (QED) is 0.114. The summed E-state index contributed by atoms with van der Waals surface area (Å²) in [5, 5.41) is 19.5. The van der Waals surface area contributed by atoms with Crippen LogP contribution in [-0.2, 0) is 52.1 Å². The molecule has 0 saturated heterocycles. The van der Waals surface area contributed by atoms with Crippen LogP contribution in [0.4, 0.5) is 0 Å². The number of fused-ring (bicyclic) bond motifs is 8. The number of pyridine rings is 2. The molecule has 1 aliphatic carbocycles. The number of hydrogen-bond donors (Lipinski definition) is 2. The number of hydrogen-bond acceptors (Lipinski definition) is 8. The van der Waals surface area contributed by atoms with E-state index in [1.807, 2.05) is 36.4 Å². The van der Waals surface area contributed by atoms with Crippen molar-refractivity contribution in [1.29, 1.82) is 0 Å². The molecule has 0 atom stereocenters. The van der Waals surface area contributed by atoms with Crippen LogP contribution in [-0.4, -0.2) is 33.4 Å². The Kier molecular flexibility index (Phi) is 12.9. The lowest BCUT2D eigenvalue weighted by Gasteiger charge is -2.22. The van der Waals surface area contributed by atoms with Gasteiger partial charge < -0.3 is 29.2 Å². The zero-order valence-corrected chi connectivity index (χ0v) is 32.3. The highest BCUT2D eigenvalue weighted by Gasteiger charge is 2.22. The molecule has 56 heavy (non-hydrogen) atoms. The maximum Gasteiger partial charge on any atom is 0.130 e. The molecule has 0 unspecified atom stereocenters. The number of ether oxygens (including phenoxy) is 4. The Morgan fingerprint density at radius 3 is 0.946 bits per heavy atom. The van der Waals surface area contributed by atoms with E-state index < -0.39 is 0 Å². The molecule has 0 amide bonds. The number of benzene rings is 4. The number of aromatic nitrogens is 2. The predicted molar refractivity (Wildman–Crippen MR) is 218 cm³/mol. The van der Waals surface area contributed by atoms with Crippen molar-refractivity contribution in [3.05, 3.63) is 176 Å². The van der Waals surface area contributed by atoms with E-state index in [0.29, 0.717) is 50.3 Å². The van der Waals surface area contributed by atoms with Crippen molar-refractivity contribution in [2.75, 3.05) is 13.2 Å². The highest BCUT2D eigenvalue weighted by Crippen LogP contribution is 2.39. The monoisotopic (exact) mass is 750 g/mol. The summed E-state index contributed by atoms with van der Waals surface area (Å²) in [6.45, 7) is 5.68. The van der Waals surface area contributed by atoms with Gasteiger partial charge in [0.15, 0.2) is 0 Å². The van der Waals surface area contributed by atoms with E-state index in [-0.39, 0.29) is 26.4 Å². The van der Waals surface area contributed by atoms with Gasteiger partial charge >= 0.3 is 0 Å². The van der Waals surface area contributed by atoms with Crippen molar-refractivity contribution < 1.29 is 29.2 Å². The number of aliphatic hydroxyl groups is 2. The van der Waals surface area contributed by atoms with E-state index in [1.54, 1.807) is 0 Å². The molecule has 4 aromatic carbocycles. The van der Waals surface area contributed by atoms with Crippen molar-refractivity contribution in [1.82, 2.24) is 9.97 Å². The van der Waals surface area contributed by atoms with E-state index in [1.165, 1.54) is 0 Å². The summed E-state index contributed by atoms with van der Waals surface area (Å²) in [5.74, 6) is 3.39. The molecule has 0 radical (unpaired) electrons. The zero-order chi connectivity index (χ0) is 38.7. The maximum absolute atomic E-state index is 9.75. The molecule has 2 N–H and O–H groups in total. The van der Waals surface area contributed by atoms with Gasteiger partial charge in [0.1, 0.15) is 36.2 Å². The molecule has 288 valence electrons. The second kappa shape index (κ2) is 18.8. The molecule has 8 heteroatoms. The van der Waals surface area contributed by atoms with Crippen LogP contribution in [0.15, 0.2) is 109 Å². The molecule has 0 fully saturated rings. The Labute approximate surface area is 329 Å². The summed E-state index contributed by atoms with van der Waals surface area (Å²) in [7, 11) is 0. The van der Waals surface area contributed by atoms with Crippen molar-refractivity contribution in [3.63, 3.8) is 0 Å². The van der Waals surface area contributed by atoms with Crippen LogP contribution in [0.5, 0.6) is 23.0 Å². The second-order valence-electron chi connectivity index (χ2n) is 14.2. The third kappa shape index (κ3) is 9.21. The first-order chi connectivity index (χ1) is 27.6. The molecule has 8 nitrogen and oxygen atoms in total. The van der Waals surface area contributed by atoms with E-state index in [4.69, 9.17) is 18.9 Å². The van der Waals surface area contributed by atoms with Crippen LogP contribution in [0.1, 0.15) is 94.0 Å². The minimum atomic E-state index is -0.129. The number of aliphatic hydroxyl groups excluding tert-OH is 2.